The Morgan fingerprint density at radius 1 is 1.06 bits per heavy atom. The molecule has 0 bridgehead atoms. The van der Waals surface area contributed by atoms with Crippen LogP contribution in [0.3, 0.4) is 0 Å². The molecule has 0 radical (unpaired) electrons. The number of hydrogen-bond donors (Lipinski definition) is 2. The number of pyridine rings is 1. The summed E-state index contributed by atoms with van der Waals surface area (Å²) in [5, 5.41) is 23.9. The summed E-state index contributed by atoms with van der Waals surface area (Å²) in [6.45, 7) is 0.0493. The van der Waals surface area contributed by atoms with Crippen LogP contribution in [-0.2, 0) is 0 Å². The number of hydrogen-bond acceptors (Lipinski definition) is 9. The summed E-state index contributed by atoms with van der Waals surface area (Å²) in [6, 6.07) is 12.8. The monoisotopic (exact) mass is 445 g/mol. The van der Waals surface area contributed by atoms with Crippen molar-refractivity contribution in [3.8, 4) is 51.4 Å². The minimum absolute atomic E-state index is 0.116. The molecule has 1 aliphatic rings. The standard InChI is InChI=1S/C23H19N5O5/c1-30-16-6-4-14(5-7-16)20-15(3-2-10-29)12-24-23(21(20)22-25-27-28-26-22)33-17-8-9-18-19(11-17)32-13-31-18/h2-9,11-12,29H,10,13H2,1H3,(H,25,26,27,28). The van der Waals surface area contributed by atoms with E-state index in [1.54, 1.807) is 43.7 Å². The Labute approximate surface area is 188 Å². The molecule has 2 aromatic carbocycles. The van der Waals surface area contributed by atoms with Gasteiger partial charge in [-0.2, -0.15) is 5.21 Å². The maximum absolute atomic E-state index is 9.33. The maximum Gasteiger partial charge on any atom is 0.231 e. The van der Waals surface area contributed by atoms with Crippen molar-refractivity contribution in [2.45, 2.75) is 0 Å². The fourth-order valence-corrected chi connectivity index (χ4v) is 3.49. The van der Waals surface area contributed by atoms with E-state index in [9.17, 15) is 5.11 Å². The number of tetrazole rings is 1. The molecule has 4 aromatic rings. The third-order valence-corrected chi connectivity index (χ3v) is 4.98. The number of benzene rings is 2. The van der Waals surface area contributed by atoms with Crippen molar-refractivity contribution in [2.24, 2.45) is 0 Å². The third kappa shape index (κ3) is 4.06. The smallest absolute Gasteiger partial charge is 0.231 e. The van der Waals surface area contributed by atoms with Crippen molar-refractivity contribution >= 4 is 6.08 Å². The molecule has 0 atom stereocenters. The van der Waals surface area contributed by atoms with E-state index in [0.29, 0.717) is 28.6 Å². The molecule has 33 heavy (non-hydrogen) atoms. The highest BCUT2D eigenvalue weighted by molar-refractivity contribution is 5.89. The minimum Gasteiger partial charge on any atom is -0.497 e. The molecule has 3 heterocycles. The Hall–Kier alpha value is -4.44. The molecule has 0 unspecified atom stereocenters. The van der Waals surface area contributed by atoms with Crippen LogP contribution in [-0.4, -0.2) is 51.2 Å². The van der Waals surface area contributed by atoms with Gasteiger partial charge < -0.3 is 24.1 Å². The molecule has 10 nitrogen and oxygen atoms in total. The number of aromatic nitrogens is 5. The SMILES string of the molecule is COc1ccc(-c2c(C=CCO)cnc(Oc3ccc4c(c3)OCO4)c2-c2nn[nH]n2)cc1. The maximum atomic E-state index is 9.33. The van der Waals surface area contributed by atoms with E-state index in [1.165, 1.54) is 0 Å². The summed E-state index contributed by atoms with van der Waals surface area (Å²) in [5.41, 5.74) is 2.89. The molecule has 5 rings (SSSR count). The zero-order valence-corrected chi connectivity index (χ0v) is 17.6. The fourth-order valence-electron chi connectivity index (χ4n) is 3.49. The topological polar surface area (TPSA) is 125 Å². The van der Waals surface area contributed by atoms with Crippen LogP contribution in [0.2, 0.25) is 0 Å². The van der Waals surface area contributed by atoms with Crippen LogP contribution < -0.4 is 18.9 Å². The Balaban J connectivity index is 1.68. The highest BCUT2D eigenvalue weighted by Crippen LogP contribution is 2.42. The number of aliphatic hydroxyl groups is 1. The van der Waals surface area contributed by atoms with Gasteiger partial charge in [-0.05, 0) is 35.0 Å². The van der Waals surface area contributed by atoms with Crippen molar-refractivity contribution in [1.29, 1.82) is 0 Å². The van der Waals surface area contributed by atoms with Crippen molar-refractivity contribution < 1.29 is 24.1 Å². The first-order valence-corrected chi connectivity index (χ1v) is 10.0. The van der Waals surface area contributed by atoms with Gasteiger partial charge in [0.2, 0.25) is 18.5 Å². The quantitative estimate of drug-likeness (QED) is 0.440. The average Bonchev–Trinajstić information content (AvgIpc) is 3.55. The van der Waals surface area contributed by atoms with Crippen molar-refractivity contribution in [1.82, 2.24) is 25.6 Å². The number of methoxy groups -OCH3 is 1. The van der Waals surface area contributed by atoms with Crippen LogP contribution in [0.4, 0.5) is 0 Å². The highest BCUT2D eigenvalue weighted by Gasteiger charge is 2.23. The number of H-pyrrole nitrogens is 1. The summed E-state index contributed by atoms with van der Waals surface area (Å²) < 4.78 is 22.3. The number of nitrogens with one attached hydrogen (secondary N) is 1. The Kier molecular flexibility index (Phi) is 5.56. The lowest BCUT2D eigenvalue weighted by Crippen LogP contribution is -1.99. The van der Waals surface area contributed by atoms with Crippen LogP contribution >= 0.6 is 0 Å². The summed E-state index contributed by atoms with van der Waals surface area (Å²) in [7, 11) is 1.61. The first kappa shape index (κ1) is 20.5. The second-order valence-electron chi connectivity index (χ2n) is 6.93. The first-order chi connectivity index (χ1) is 16.3. The molecule has 1 aliphatic heterocycles. The lowest BCUT2D eigenvalue weighted by molar-refractivity contribution is 0.174. The predicted octanol–water partition coefficient (Wildman–Crippen LogP) is 3.46. The lowest BCUT2D eigenvalue weighted by atomic mass is 9.95. The summed E-state index contributed by atoms with van der Waals surface area (Å²) >= 11 is 0. The highest BCUT2D eigenvalue weighted by atomic mass is 16.7. The van der Waals surface area contributed by atoms with E-state index < -0.39 is 0 Å². The summed E-state index contributed by atoms with van der Waals surface area (Å²) in [4.78, 5) is 4.52. The number of ether oxygens (including phenoxy) is 4. The van der Waals surface area contributed by atoms with Gasteiger partial charge in [-0.25, -0.2) is 4.98 Å². The van der Waals surface area contributed by atoms with Gasteiger partial charge >= 0.3 is 0 Å². The molecule has 0 aliphatic carbocycles. The van der Waals surface area contributed by atoms with E-state index in [4.69, 9.17) is 18.9 Å². The van der Waals surface area contributed by atoms with Gasteiger partial charge in [0.15, 0.2) is 11.5 Å². The molecular weight excluding hydrogens is 426 g/mol. The normalized spacial score (nSPS) is 12.3. The van der Waals surface area contributed by atoms with Crippen molar-refractivity contribution in [3.63, 3.8) is 0 Å². The molecule has 0 spiro atoms. The van der Waals surface area contributed by atoms with Gasteiger partial charge in [0.25, 0.3) is 0 Å². The Morgan fingerprint density at radius 3 is 2.64 bits per heavy atom. The minimum atomic E-state index is -0.116. The molecule has 0 amide bonds. The summed E-state index contributed by atoms with van der Waals surface area (Å²) in [5.74, 6) is 3.06. The van der Waals surface area contributed by atoms with Crippen LogP contribution in [0.1, 0.15) is 5.56 Å². The number of rotatable bonds is 7. The average molecular weight is 445 g/mol. The Morgan fingerprint density at radius 2 is 1.88 bits per heavy atom. The van der Waals surface area contributed by atoms with Gasteiger partial charge in [0, 0.05) is 23.4 Å². The van der Waals surface area contributed by atoms with Gasteiger partial charge in [0.1, 0.15) is 11.5 Å². The zero-order chi connectivity index (χ0) is 22.6. The molecule has 0 fully saturated rings. The molecule has 166 valence electrons. The van der Waals surface area contributed by atoms with E-state index in [0.717, 1.165) is 22.4 Å². The van der Waals surface area contributed by atoms with Gasteiger partial charge in [-0.1, -0.05) is 24.3 Å². The molecular formula is C23H19N5O5. The molecule has 0 saturated carbocycles. The van der Waals surface area contributed by atoms with Crippen LogP contribution in [0.25, 0.3) is 28.6 Å². The number of fused-ring (bicyclic) bond motifs is 1. The molecule has 2 N–H and O–H groups in total. The second-order valence-corrected chi connectivity index (χ2v) is 6.93. The van der Waals surface area contributed by atoms with Crippen molar-refractivity contribution in [3.05, 3.63) is 60.3 Å². The molecule has 0 saturated heterocycles. The Bertz CT molecular complexity index is 1290. The fraction of sp³-hybridized carbons (Fsp3) is 0.130. The number of aromatic amines is 1. The molecule has 10 heteroatoms. The van der Waals surface area contributed by atoms with Crippen molar-refractivity contribution in [2.75, 3.05) is 20.5 Å². The van der Waals surface area contributed by atoms with E-state index in [1.807, 2.05) is 24.3 Å². The van der Waals surface area contributed by atoms with Crippen LogP contribution in [0.15, 0.2) is 54.7 Å². The molecule has 2 aromatic heterocycles. The van der Waals surface area contributed by atoms with Gasteiger partial charge in [0.05, 0.1) is 19.3 Å². The van der Waals surface area contributed by atoms with E-state index >= 15 is 0 Å². The number of aliphatic hydroxyl groups excluding tert-OH is 1. The van der Waals surface area contributed by atoms with Gasteiger partial charge in [-0.3, -0.25) is 0 Å². The van der Waals surface area contributed by atoms with E-state index in [2.05, 4.69) is 25.6 Å². The van der Waals surface area contributed by atoms with Gasteiger partial charge in [-0.15, -0.1) is 10.2 Å². The first-order valence-electron chi connectivity index (χ1n) is 10.0. The lowest BCUT2D eigenvalue weighted by Gasteiger charge is -2.16. The zero-order valence-electron chi connectivity index (χ0n) is 17.6. The van der Waals surface area contributed by atoms with E-state index in [-0.39, 0.29) is 19.3 Å². The summed E-state index contributed by atoms with van der Waals surface area (Å²) in [6.07, 6.45) is 5.07. The predicted molar refractivity (Wildman–Crippen MR) is 118 cm³/mol. The van der Waals surface area contributed by atoms with Crippen LogP contribution in [0, 0.1) is 0 Å². The van der Waals surface area contributed by atoms with Crippen LogP contribution in [0.5, 0.6) is 28.9 Å². The number of nitrogens with zero attached hydrogens (tertiary/aromatic N) is 4. The second kappa shape index (κ2) is 8.97. The largest absolute Gasteiger partial charge is 0.497 e. The third-order valence-electron chi connectivity index (χ3n) is 4.98.